The summed E-state index contributed by atoms with van der Waals surface area (Å²) in [6.07, 6.45) is 1.78. The Morgan fingerprint density at radius 1 is 1.00 bits per heavy atom. The quantitative estimate of drug-likeness (QED) is 0.754. The molecule has 0 aliphatic carbocycles. The highest BCUT2D eigenvalue weighted by Crippen LogP contribution is 2.26. The van der Waals surface area contributed by atoms with Crippen LogP contribution in [-0.2, 0) is 4.79 Å². The Morgan fingerprint density at radius 3 is 2.43 bits per heavy atom. The molecule has 0 aliphatic heterocycles. The van der Waals surface area contributed by atoms with Crippen molar-refractivity contribution in [3.05, 3.63) is 54.7 Å². The first-order valence-electron chi connectivity index (χ1n) is 6.65. The lowest BCUT2D eigenvalue weighted by Gasteiger charge is -2.06. The van der Waals surface area contributed by atoms with Crippen LogP contribution in [-0.4, -0.2) is 10.9 Å². The lowest BCUT2D eigenvalue weighted by Crippen LogP contribution is -2.05. The van der Waals surface area contributed by atoms with E-state index >= 15 is 0 Å². The molecule has 0 radical (unpaired) electrons. The molecule has 104 valence electrons. The molecule has 2 aromatic carbocycles. The normalized spacial score (nSPS) is 10.5. The number of nitrogens with zero attached hydrogens (tertiary/aromatic N) is 1. The number of fused-ring (bicyclic) bond motifs is 1. The van der Waals surface area contributed by atoms with Crippen molar-refractivity contribution in [2.75, 3.05) is 11.1 Å². The average molecular weight is 277 g/mol. The fraction of sp³-hybridized carbons (Fsp3) is 0.0588. The van der Waals surface area contributed by atoms with E-state index in [0.29, 0.717) is 5.82 Å². The summed E-state index contributed by atoms with van der Waals surface area (Å²) in [6, 6.07) is 15.8. The highest BCUT2D eigenvalue weighted by molar-refractivity contribution is 5.90. The molecule has 3 N–H and O–H groups in total. The van der Waals surface area contributed by atoms with Crippen LogP contribution < -0.4 is 11.1 Å². The maximum Gasteiger partial charge on any atom is 0.221 e. The van der Waals surface area contributed by atoms with Gasteiger partial charge in [0, 0.05) is 24.2 Å². The van der Waals surface area contributed by atoms with E-state index in [9.17, 15) is 4.79 Å². The Bertz CT molecular complexity index is 810. The van der Waals surface area contributed by atoms with Crippen LogP contribution in [0.3, 0.4) is 0 Å². The fourth-order valence-electron chi connectivity index (χ4n) is 2.29. The van der Waals surface area contributed by atoms with E-state index in [-0.39, 0.29) is 5.91 Å². The van der Waals surface area contributed by atoms with Crippen molar-refractivity contribution in [3.8, 4) is 11.1 Å². The van der Waals surface area contributed by atoms with Gasteiger partial charge in [-0.2, -0.15) is 0 Å². The summed E-state index contributed by atoms with van der Waals surface area (Å²) in [5, 5.41) is 4.88. The van der Waals surface area contributed by atoms with E-state index in [0.717, 1.165) is 27.6 Å². The van der Waals surface area contributed by atoms with Crippen molar-refractivity contribution >= 4 is 28.2 Å². The van der Waals surface area contributed by atoms with Crippen molar-refractivity contribution < 1.29 is 4.79 Å². The second-order valence-electron chi connectivity index (χ2n) is 4.93. The molecule has 0 bridgehead atoms. The van der Waals surface area contributed by atoms with Crippen molar-refractivity contribution in [3.63, 3.8) is 0 Å². The lowest BCUT2D eigenvalue weighted by molar-refractivity contribution is -0.114. The summed E-state index contributed by atoms with van der Waals surface area (Å²) >= 11 is 0. The molecule has 4 heteroatoms. The van der Waals surface area contributed by atoms with Gasteiger partial charge in [0.05, 0.1) is 0 Å². The Balaban J connectivity index is 1.96. The van der Waals surface area contributed by atoms with E-state index < -0.39 is 0 Å². The topological polar surface area (TPSA) is 68.0 Å². The maximum atomic E-state index is 11.0. The molecule has 21 heavy (non-hydrogen) atoms. The Labute approximate surface area is 122 Å². The molecule has 0 atom stereocenters. The lowest BCUT2D eigenvalue weighted by atomic mass is 10.0. The van der Waals surface area contributed by atoms with Crippen molar-refractivity contribution in [2.45, 2.75) is 6.92 Å². The number of anilines is 2. The predicted molar refractivity (Wildman–Crippen MR) is 85.9 cm³/mol. The van der Waals surface area contributed by atoms with Crippen molar-refractivity contribution in [1.82, 2.24) is 4.98 Å². The standard InChI is InChI=1S/C17H15N3O/c1-11(21)20-16-6-4-12(5-7-16)13-2-3-14-9-17(18)19-10-15(14)8-13/h2-10H,1H3,(H2,18,19)(H,20,21). The van der Waals surface area contributed by atoms with Crippen LogP contribution in [0.15, 0.2) is 54.7 Å². The first kappa shape index (κ1) is 13.1. The summed E-state index contributed by atoms with van der Waals surface area (Å²) in [5.74, 6) is 0.451. The van der Waals surface area contributed by atoms with Gasteiger partial charge in [-0.15, -0.1) is 0 Å². The van der Waals surface area contributed by atoms with Gasteiger partial charge in [-0.3, -0.25) is 4.79 Å². The molecular formula is C17H15N3O. The summed E-state index contributed by atoms with van der Waals surface area (Å²) < 4.78 is 0. The van der Waals surface area contributed by atoms with Gasteiger partial charge in [0.25, 0.3) is 0 Å². The summed E-state index contributed by atoms with van der Waals surface area (Å²) in [4.78, 5) is 15.1. The fourth-order valence-corrected chi connectivity index (χ4v) is 2.29. The third kappa shape index (κ3) is 2.84. The van der Waals surface area contributed by atoms with Crippen LogP contribution >= 0.6 is 0 Å². The first-order chi connectivity index (χ1) is 10.1. The summed E-state index contributed by atoms with van der Waals surface area (Å²) in [7, 11) is 0. The highest BCUT2D eigenvalue weighted by Gasteiger charge is 2.02. The van der Waals surface area contributed by atoms with E-state index in [4.69, 9.17) is 5.73 Å². The zero-order valence-electron chi connectivity index (χ0n) is 11.6. The number of hydrogen-bond donors (Lipinski definition) is 2. The zero-order chi connectivity index (χ0) is 14.8. The van der Waals surface area contributed by atoms with E-state index in [1.807, 2.05) is 36.4 Å². The number of carbonyl (C=O) groups is 1. The van der Waals surface area contributed by atoms with Crippen molar-refractivity contribution in [2.24, 2.45) is 0 Å². The van der Waals surface area contributed by atoms with E-state index in [2.05, 4.69) is 22.4 Å². The number of benzene rings is 2. The van der Waals surface area contributed by atoms with Crippen LogP contribution in [0, 0.1) is 0 Å². The molecule has 0 unspecified atom stereocenters. The van der Waals surface area contributed by atoms with Crippen LogP contribution in [0.25, 0.3) is 21.9 Å². The monoisotopic (exact) mass is 277 g/mol. The van der Waals surface area contributed by atoms with Crippen molar-refractivity contribution in [1.29, 1.82) is 0 Å². The molecular weight excluding hydrogens is 262 g/mol. The van der Waals surface area contributed by atoms with Gasteiger partial charge >= 0.3 is 0 Å². The molecule has 1 heterocycles. The second-order valence-corrected chi connectivity index (χ2v) is 4.93. The molecule has 4 nitrogen and oxygen atoms in total. The number of carbonyl (C=O) groups excluding carboxylic acids is 1. The largest absolute Gasteiger partial charge is 0.384 e. The number of nitrogens with one attached hydrogen (secondary N) is 1. The minimum Gasteiger partial charge on any atom is -0.384 e. The zero-order valence-corrected chi connectivity index (χ0v) is 11.6. The predicted octanol–water partition coefficient (Wildman–Crippen LogP) is 3.44. The number of rotatable bonds is 2. The minimum absolute atomic E-state index is 0.0721. The second kappa shape index (κ2) is 5.25. The third-order valence-corrected chi connectivity index (χ3v) is 3.28. The molecule has 3 rings (SSSR count). The van der Waals surface area contributed by atoms with Gasteiger partial charge in [-0.1, -0.05) is 24.3 Å². The number of pyridine rings is 1. The Morgan fingerprint density at radius 2 is 1.71 bits per heavy atom. The Hall–Kier alpha value is -2.88. The molecule has 1 amide bonds. The van der Waals surface area contributed by atoms with Crippen LogP contribution in [0.4, 0.5) is 11.5 Å². The molecule has 0 saturated carbocycles. The van der Waals surface area contributed by atoms with E-state index in [1.54, 1.807) is 6.20 Å². The highest BCUT2D eigenvalue weighted by atomic mass is 16.1. The van der Waals surface area contributed by atoms with E-state index in [1.165, 1.54) is 6.92 Å². The summed E-state index contributed by atoms with van der Waals surface area (Å²) in [5.41, 5.74) is 8.66. The summed E-state index contributed by atoms with van der Waals surface area (Å²) in [6.45, 7) is 1.50. The average Bonchev–Trinajstić information content (AvgIpc) is 2.47. The van der Waals surface area contributed by atoms with Crippen LogP contribution in [0.2, 0.25) is 0 Å². The SMILES string of the molecule is CC(=O)Nc1ccc(-c2ccc3cc(N)ncc3c2)cc1. The molecule has 0 spiro atoms. The van der Waals surface area contributed by atoms with Crippen LogP contribution in [0.1, 0.15) is 6.92 Å². The van der Waals surface area contributed by atoms with Gasteiger partial charge in [0.15, 0.2) is 0 Å². The first-order valence-corrected chi connectivity index (χ1v) is 6.65. The Kier molecular flexibility index (Phi) is 3.28. The van der Waals surface area contributed by atoms with Gasteiger partial charge in [0.2, 0.25) is 5.91 Å². The van der Waals surface area contributed by atoms with Gasteiger partial charge in [-0.05, 0) is 40.8 Å². The maximum absolute atomic E-state index is 11.0. The number of amides is 1. The minimum atomic E-state index is -0.0721. The number of nitrogens with two attached hydrogens (primary N) is 1. The number of nitrogen functional groups attached to an aromatic ring is 1. The van der Waals surface area contributed by atoms with Gasteiger partial charge < -0.3 is 11.1 Å². The molecule has 0 aliphatic rings. The molecule has 1 aromatic heterocycles. The smallest absolute Gasteiger partial charge is 0.221 e. The number of aromatic nitrogens is 1. The molecule has 3 aromatic rings. The molecule has 0 fully saturated rings. The number of hydrogen-bond acceptors (Lipinski definition) is 3. The van der Waals surface area contributed by atoms with Gasteiger partial charge in [0.1, 0.15) is 5.82 Å². The van der Waals surface area contributed by atoms with Crippen LogP contribution in [0.5, 0.6) is 0 Å². The third-order valence-electron chi connectivity index (χ3n) is 3.28. The van der Waals surface area contributed by atoms with Gasteiger partial charge in [-0.25, -0.2) is 4.98 Å². The molecule has 0 saturated heterocycles.